The van der Waals surface area contributed by atoms with Gasteiger partial charge in [0.15, 0.2) is 6.29 Å². The molecule has 1 saturated heterocycles. The van der Waals surface area contributed by atoms with Crippen molar-refractivity contribution in [3.05, 3.63) is 0 Å². The van der Waals surface area contributed by atoms with Gasteiger partial charge in [0.2, 0.25) is 0 Å². The van der Waals surface area contributed by atoms with Crippen LogP contribution >= 0.6 is 0 Å². The number of rotatable bonds is 1. The molecule has 2 unspecified atom stereocenters. The summed E-state index contributed by atoms with van der Waals surface area (Å²) in [4.78, 5) is 4.54. The third-order valence-electron chi connectivity index (χ3n) is 1.59. The summed E-state index contributed by atoms with van der Waals surface area (Å²) >= 11 is 0. The molecular weight excluding hydrogens is 118 g/mol. The number of hydrogen-bond acceptors (Lipinski definition) is 3. The molecular formula is C6H13NO2. The topological polar surface area (TPSA) is 44.5 Å². The Balaban J connectivity index is 2.23. The van der Waals surface area contributed by atoms with Crippen LogP contribution in [0.3, 0.4) is 0 Å². The molecule has 9 heavy (non-hydrogen) atoms. The Kier molecular flexibility index (Phi) is 2.45. The van der Waals surface area contributed by atoms with Gasteiger partial charge in [-0.05, 0) is 19.8 Å². The number of ether oxygens (including phenoxy) is 1. The predicted molar refractivity (Wildman–Crippen MR) is 33.5 cm³/mol. The Labute approximate surface area is 55.1 Å². The van der Waals surface area contributed by atoms with Crippen molar-refractivity contribution in [2.45, 2.75) is 38.6 Å². The molecule has 2 atom stereocenters. The SMILES string of the molecule is CC1CCCC(ON)O1. The van der Waals surface area contributed by atoms with Crippen molar-refractivity contribution in [1.82, 2.24) is 0 Å². The van der Waals surface area contributed by atoms with E-state index >= 15 is 0 Å². The molecule has 1 fully saturated rings. The van der Waals surface area contributed by atoms with Crippen molar-refractivity contribution < 1.29 is 9.57 Å². The van der Waals surface area contributed by atoms with Crippen LogP contribution in [-0.2, 0) is 9.57 Å². The van der Waals surface area contributed by atoms with Crippen LogP contribution in [-0.4, -0.2) is 12.4 Å². The summed E-state index contributed by atoms with van der Waals surface area (Å²) in [6, 6.07) is 0. The van der Waals surface area contributed by atoms with Gasteiger partial charge < -0.3 is 4.74 Å². The lowest BCUT2D eigenvalue weighted by atomic mass is 10.1. The average molecular weight is 131 g/mol. The van der Waals surface area contributed by atoms with E-state index in [1.165, 1.54) is 0 Å². The average Bonchev–Trinajstić information content (AvgIpc) is 1.88. The van der Waals surface area contributed by atoms with Crippen molar-refractivity contribution in [3.8, 4) is 0 Å². The fourth-order valence-electron chi connectivity index (χ4n) is 1.07. The largest absolute Gasteiger partial charge is 0.348 e. The molecule has 1 heterocycles. The quantitative estimate of drug-likeness (QED) is 0.535. The van der Waals surface area contributed by atoms with Gasteiger partial charge in [0.1, 0.15) is 0 Å². The van der Waals surface area contributed by atoms with E-state index in [2.05, 4.69) is 4.84 Å². The minimum absolute atomic E-state index is 0.159. The van der Waals surface area contributed by atoms with Gasteiger partial charge in [0, 0.05) is 6.42 Å². The smallest absolute Gasteiger partial charge is 0.177 e. The van der Waals surface area contributed by atoms with Gasteiger partial charge >= 0.3 is 0 Å². The lowest BCUT2D eigenvalue weighted by Gasteiger charge is -2.25. The summed E-state index contributed by atoms with van der Waals surface area (Å²) in [7, 11) is 0. The molecule has 1 rings (SSSR count). The minimum atomic E-state index is -0.159. The van der Waals surface area contributed by atoms with Crippen LogP contribution in [0.4, 0.5) is 0 Å². The fourth-order valence-corrected chi connectivity index (χ4v) is 1.07. The third kappa shape index (κ3) is 1.93. The molecule has 3 heteroatoms. The molecule has 0 aliphatic carbocycles. The van der Waals surface area contributed by atoms with Gasteiger partial charge in [-0.1, -0.05) is 0 Å². The zero-order valence-electron chi connectivity index (χ0n) is 5.67. The van der Waals surface area contributed by atoms with E-state index in [1.807, 2.05) is 6.92 Å². The van der Waals surface area contributed by atoms with E-state index in [0.717, 1.165) is 19.3 Å². The van der Waals surface area contributed by atoms with Crippen molar-refractivity contribution in [2.75, 3.05) is 0 Å². The molecule has 1 aliphatic heterocycles. The first-order valence-corrected chi connectivity index (χ1v) is 3.34. The van der Waals surface area contributed by atoms with Crippen LogP contribution in [0, 0.1) is 0 Å². The molecule has 3 nitrogen and oxygen atoms in total. The monoisotopic (exact) mass is 131 g/mol. The van der Waals surface area contributed by atoms with Gasteiger partial charge in [0.25, 0.3) is 0 Å². The van der Waals surface area contributed by atoms with E-state index in [4.69, 9.17) is 10.6 Å². The van der Waals surface area contributed by atoms with Crippen molar-refractivity contribution >= 4 is 0 Å². The van der Waals surface area contributed by atoms with E-state index in [-0.39, 0.29) is 6.29 Å². The highest BCUT2D eigenvalue weighted by Gasteiger charge is 2.18. The van der Waals surface area contributed by atoms with Gasteiger partial charge in [0.05, 0.1) is 6.10 Å². The summed E-state index contributed by atoms with van der Waals surface area (Å²) < 4.78 is 5.29. The zero-order chi connectivity index (χ0) is 6.69. The van der Waals surface area contributed by atoms with E-state index in [0.29, 0.717) is 6.10 Å². The van der Waals surface area contributed by atoms with Crippen LogP contribution in [0.25, 0.3) is 0 Å². The first-order chi connectivity index (χ1) is 4.33. The molecule has 0 saturated carbocycles. The molecule has 54 valence electrons. The Morgan fingerprint density at radius 1 is 1.56 bits per heavy atom. The summed E-state index contributed by atoms with van der Waals surface area (Å²) in [6.07, 6.45) is 3.37. The lowest BCUT2D eigenvalue weighted by Crippen LogP contribution is -2.29. The Hall–Kier alpha value is -0.120. The summed E-state index contributed by atoms with van der Waals surface area (Å²) in [5.74, 6) is 4.94. The van der Waals surface area contributed by atoms with Crippen LogP contribution in [0.2, 0.25) is 0 Å². The van der Waals surface area contributed by atoms with Crippen LogP contribution in [0.15, 0.2) is 0 Å². The Bertz CT molecular complexity index is 87.1. The molecule has 0 aromatic carbocycles. The molecule has 0 spiro atoms. The van der Waals surface area contributed by atoms with Crippen LogP contribution in [0.1, 0.15) is 26.2 Å². The highest BCUT2D eigenvalue weighted by Crippen LogP contribution is 2.17. The van der Waals surface area contributed by atoms with Gasteiger partial charge in [-0.25, -0.2) is 5.90 Å². The summed E-state index contributed by atoms with van der Waals surface area (Å²) in [5, 5.41) is 0. The van der Waals surface area contributed by atoms with E-state index < -0.39 is 0 Å². The van der Waals surface area contributed by atoms with Crippen LogP contribution in [0.5, 0.6) is 0 Å². The van der Waals surface area contributed by atoms with Crippen molar-refractivity contribution in [3.63, 3.8) is 0 Å². The zero-order valence-corrected chi connectivity index (χ0v) is 5.67. The maximum Gasteiger partial charge on any atom is 0.177 e. The van der Waals surface area contributed by atoms with Crippen molar-refractivity contribution in [2.24, 2.45) is 5.90 Å². The van der Waals surface area contributed by atoms with Crippen molar-refractivity contribution in [1.29, 1.82) is 0 Å². The van der Waals surface area contributed by atoms with Gasteiger partial charge in [-0.15, -0.1) is 0 Å². The molecule has 0 amide bonds. The van der Waals surface area contributed by atoms with Crippen LogP contribution < -0.4 is 5.90 Å². The van der Waals surface area contributed by atoms with Gasteiger partial charge in [-0.2, -0.15) is 0 Å². The maximum absolute atomic E-state index is 5.29. The third-order valence-corrected chi connectivity index (χ3v) is 1.59. The predicted octanol–water partition coefficient (Wildman–Crippen LogP) is 0.792. The second-order valence-corrected chi connectivity index (χ2v) is 2.44. The van der Waals surface area contributed by atoms with E-state index in [9.17, 15) is 0 Å². The Morgan fingerprint density at radius 3 is 2.78 bits per heavy atom. The van der Waals surface area contributed by atoms with E-state index in [1.54, 1.807) is 0 Å². The highest BCUT2D eigenvalue weighted by molar-refractivity contribution is 4.60. The fraction of sp³-hybridized carbons (Fsp3) is 1.00. The molecule has 2 N–H and O–H groups in total. The Morgan fingerprint density at radius 2 is 2.33 bits per heavy atom. The molecule has 0 aromatic rings. The molecule has 0 radical (unpaired) electrons. The first kappa shape index (κ1) is 6.99. The second kappa shape index (κ2) is 3.15. The van der Waals surface area contributed by atoms with Gasteiger partial charge in [-0.3, -0.25) is 4.84 Å². The minimum Gasteiger partial charge on any atom is -0.348 e. The summed E-state index contributed by atoms with van der Waals surface area (Å²) in [5.41, 5.74) is 0. The number of hydrogen-bond donors (Lipinski definition) is 1. The highest BCUT2D eigenvalue weighted by atomic mass is 16.8. The molecule has 0 bridgehead atoms. The molecule has 0 aromatic heterocycles. The maximum atomic E-state index is 5.29. The summed E-state index contributed by atoms with van der Waals surface area (Å²) in [6.45, 7) is 2.03. The standard InChI is InChI=1S/C6H13NO2/c1-5-3-2-4-6(8-5)9-7/h5-6H,2-4,7H2,1H3. The second-order valence-electron chi connectivity index (χ2n) is 2.44. The number of nitrogens with two attached hydrogens (primary N) is 1. The molecule has 1 aliphatic rings. The normalized spacial score (nSPS) is 36.7. The first-order valence-electron chi connectivity index (χ1n) is 3.34. The lowest BCUT2D eigenvalue weighted by molar-refractivity contribution is -0.191.